The molecular formula is C17H25N5. The molecule has 0 N–H and O–H groups in total. The van der Waals surface area contributed by atoms with E-state index < -0.39 is 0 Å². The Morgan fingerprint density at radius 1 is 1.18 bits per heavy atom. The Morgan fingerprint density at radius 3 is 2.41 bits per heavy atom. The Hall–Kier alpha value is -2.01. The summed E-state index contributed by atoms with van der Waals surface area (Å²) < 4.78 is 1.68. The van der Waals surface area contributed by atoms with Crippen molar-refractivity contribution in [2.24, 2.45) is 7.05 Å². The van der Waals surface area contributed by atoms with Gasteiger partial charge in [0, 0.05) is 19.0 Å². The van der Waals surface area contributed by atoms with E-state index in [2.05, 4.69) is 77.6 Å². The highest BCUT2D eigenvalue weighted by molar-refractivity contribution is 5.45. The summed E-state index contributed by atoms with van der Waals surface area (Å²) in [6.45, 7) is 9.71. The Balaban J connectivity index is 2.33. The maximum Gasteiger partial charge on any atom is 0.174 e. The molecule has 5 heteroatoms. The first-order valence-electron chi connectivity index (χ1n) is 7.78. The molecule has 2 rings (SSSR count). The van der Waals surface area contributed by atoms with E-state index in [-0.39, 0.29) is 5.41 Å². The van der Waals surface area contributed by atoms with Crippen molar-refractivity contribution in [1.82, 2.24) is 25.1 Å². The van der Waals surface area contributed by atoms with Crippen LogP contribution in [0.1, 0.15) is 32.2 Å². The van der Waals surface area contributed by atoms with Crippen LogP contribution in [0.2, 0.25) is 0 Å². The molecular weight excluding hydrogens is 274 g/mol. The van der Waals surface area contributed by atoms with Gasteiger partial charge in [-0.2, -0.15) is 0 Å². The average Bonchev–Trinajstić information content (AvgIpc) is 2.97. The predicted molar refractivity (Wildman–Crippen MR) is 89.4 cm³/mol. The van der Waals surface area contributed by atoms with Gasteiger partial charge in [-0.1, -0.05) is 57.2 Å². The van der Waals surface area contributed by atoms with Crippen LogP contribution in [0.15, 0.2) is 36.4 Å². The van der Waals surface area contributed by atoms with Crippen molar-refractivity contribution in [2.75, 3.05) is 19.6 Å². The summed E-state index contributed by atoms with van der Waals surface area (Å²) in [6.07, 6.45) is 4.23. The second kappa shape index (κ2) is 7.31. The van der Waals surface area contributed by atoms with Crippen LogP contribution in [0, 0.1) is 0 Å². The number of tetrazole rings is 1. The third-order valence-corrected chi connectivity index (χ3v) is 4.13. The van der Waals surface area contributed by atoms with Crippen molar-refractivity contribution in [2.45, 2.75) is 26.2 Å². The number of likely N-dealkylation sites (N-methyl/N-ethyl adjacent to an activating group) is 1. The molecule has 0 aliphatic rings. The zero-order chi connectivity index (χ0) is 16.0. The summed E-state index contributed by atoms with van der Waals surface area (Å²) in [7, 11) is 1.85. The molecule has 0 aliphatic carbocycles. The fourth-order valence-corrected chi connectivity index (χ4v) is 2.61. The van der Waals surface area contributed by atoms with Gasteiger partial charge in [0.25, 0.3) is 0 Å². The molecule has 1 heterocycles. The van der Waals surface area contributed by atoms with E-state index in [4.69, 9.17) is 0 Å². The minimum atomic E-state index is -0.0841. The number of benzene rings is 1. The molecule has 22 heavy (non-hydrogen) atoms. The molecule has 2 aromatic rings. The fourth-order valence-electron chi connectivity index (χ4n) is 2.61. The van der Waals surface area contributed by atoms with Gasteiger partial charge in [-0.25, -0.2) is 4.68 Å². The molecule has 0 saturated heterocycles. The van der Waals surface area contributed by atoms with Crippen LogP contribution in [0.4, 0.5) is 0 Å². The zero-order valence-corrected chi connectivity index (χ0v) is 13.9. The predicted octanol–water partition coefficient (Wildman–Crippen LogP) is 2.52. The topological polar surface area (TPSA) is 46.8 Å². The van der Waals surface area contributed by atoms with Crippen molar-refractivity contribution in [3.8, 4) is 0 Å². The molecule has 0 spiro atoms. The van der Waals surface area contributed by atoms with Gasteiger partial charge in [0.2, 0.25) is 0 Å². The number of rotatable bonds is 7. The standard InChI is InChI=1S/C17H25N5/c1-5-22(6-2)14-17(3,15-10-8-7-9-11-15)13-12-16-18-19-20-21(16)4/h7-13H,5-6,14H2,1-4H3. The van der Waals surface area contributed by atoms with Crippen molar-refractivity contribution >= 4 is 6.08 Å². The van der Waals surface area contributed by atoms with Gasteiger partial charge in [-0.15, -0.1) is 5.10 Å². The van der Waals surface area contributed by atoms with Gasteiger partial charge >= 0.3 is 0 Å². The first-order chi connectivity index (χ1) is 10.6. The van der Waals surface area contributed by atoms with Crippen LogP contribution in [-0.4, -0.2) is 44.7 Å². The number of aryl methyl sites for hydroxylation is 1. The Morgan fingerprint density at radius 2 is 1.86 bits per heavy atom. The minimum Gasteiger partial charge on any atom is -0.303 e. The summed E-state index contributed by atoms with van der Waals surface area (Å²) in [5.74, 6) is 0.765. The third-order valence-electron chi connectivity index (χ3n) is 4.13. The summed E-state index contributed by atoms with van der Waals surface area (Å²) in [5, 5.41) is 11.6. The molecule has 1 aromatic carbocycles. The van der Waals surface area contributed by atoms with Gasteiger partial charge in [0.15, 0.2) is 5.82 Å². The lowest BCUT2D eigenvalue weighted by Gasteiger charge is -2.33. The van der Waals surface area contributed by atoms with Crippen LogP contribution in [0.25, 0.3) is 6.08 Å². The van der Waals surface area contributed by atoms with E-state index in [1.807, 2.05) is 13.1 Å². The van der Waals surface area contributed by atoms with Crippen LogP contribution < -0.4 is 0 Å². The largest absolute Gasteiger partial charge is 0.303 e. The molecule has 0 bridgehead atoms. The molecule has 1 aromatic heterocycles. The van der Waals surface area contributed by atoms with Gasteiger partial charge in [0.1, 0.15) is 0 Å². The highest BCUT2D eigenvalue weighted by atomic mass is 15.5. The monoisotopic (exact) mass is 299 g/mol. The lowest BCUT2D eigenvalue weighted by Crippen LogP contribution is -2.37. The quantitative estimate of drug-likeness (QED) is 0.788. The second-order valence-corrected chi connectivity index (χ2v) is 5.74. The molecule has 0 amide bonds. The van der Waals surface area contributed by atoms with Gasteiger partial charge in [0.05, 0.1) is 0 Å². The summed E-state index contributed by atoms with van der Waals surface area (Å²) in [5.41, 5.74) is 1.22. The Bertz CT molecular complexity index is 601. The van der Waals surface area contributed by atoms with Crippen molar-refractivity contribution in [1.29, 1.82) is 0 Å². The van der Waals surface area contributed by atoms with Crippen LogP contribution in [0.5, 0.6) is 0 Å². The van der Waals surface area contributed by atoms with Crippen LogP contribution >= 0.6 is 0 Å². The van der Waals surface area contributed by atoms with Gasteiger partial charge < -0.3 is 4.90 Å². The highest BCUT2D eigenvalue weighted by Gasteiger charge is 2.25. The highest BCUT2D eigenvalue weighted by Crippen LogP contribution is 2.27. The molecule has 0 aliphatic heterocycles. The Labute approximate surface area is 132 Å². The second-order valence-electron chi connectivity index (χ2n) is 5.74. The smallest absolute Gasteiger partial charge is 0.174 e. The molecule has 0 fully saturated rings. The average molecular weight is 299 g/mol. The first-order valence-corrected chi connectivity index (χ1v) is 7.78. The number of hydrogen-bond acceptors (Lipinski definition) is 4. The molecule has 1 atom stereocenters. The molecule has 0 radical (unpaired) electrons. The lowest BCUT2D eigenvalue weighted by molar-refractivity contribution is 0.260. The number of nitrogens with zero attached hydrogens (tertiary/aromatic N) is 5. The van der Waals surface area contributed by atoms with Gasteiger partial charge in [-0.3, -0.25) is 0 Å². The number of hydrogen-bond donors (Lipinski definition) is 0. The molecule has 0 saturated carbocycles. The molecule has 1 unspecified atom stereocenters. The normalized spacial score (nSPS) is 14.6. The molecule has 118 valence electrons. The third kappa shape index (κ3) is 3.80. The van der Waals surface area contributed by atoms with E-state index in [1.54, 1.807) is 4.68 Å². The fraction of sp³-hybridized carbons (Fsp3) is 0.471. The summed E-state index contributed by atoms with van der Waals surface area (Å²) in [6, 6.07) is 10.6. The van der Waals surface area contributed by atoms with Crippen LogP contribution in [-0.2, 0) is 12.5 Å². The number of aromatic nitrogens is 4. The SMILES string of the molecule is CCN(CC)CC(C)(C=Cc1nnnn1C)c1ccccc1. The van der Waals surface area contributed by atoms with E-state index in [1.165, 1.54) is 5.56 Å². The van der Waals surface area contributed by atoms with E-state index in [9.17, 15) is 0 Å². The zero-order valence-electron chi connectivity index (χ0n) is 13.9. The maximum absolute atomic E-state index is 4.03. The van der Waals surface area contributed by atoms with Crippen LogP contribution in [0.3, 0.4) is 0 Å². The van der Waals surface area contributed by atoms with E-state index >= 15 is 0 Å². The summed E-state index contributed by atoms with van der Waals surface area (Å²) in [4.78, 5) is 2.44. The maximum atomic E-state index is 4.03. The van der Waals surface area contributed by atoms with E-state index in [0.29, 0.717) is 0 Å². The molecule has 5 nitrogen and oxygen atoms in total. The Kier molecular flexibility index (Phi) is 5.44. The van der Waals surface area contributed by atoms with Crippen molar-refractivity contribution in [3.05, 3.63) is 47.8 Å². The van der Waals surface area contributed by atoms with E-state index in [0.717, 1.165) is 25.5 Å². The summed E-state index contributed by atoms with van der Waals surface area (Å²) >= 11 is 0. The first kappa shape index (κ1) is 16.4. The van der Waals surface area contributed by atoms with Crippen molar-refractivity contribution in [3.63, 3.8) is 0 Å². The van der Waals surface area contributed by atoms with Crippen molar-refractivity contribution < 1.29 is 0 Å². The minimum absolute atomic E-state index is 0.0841. The van der Waals surface area contributed by atoms with Gasteiger partial charge in [-0.05, 0) is 35.2 Å². The lowest BCUT2D eigenvalue weighted by atomic mass is 9.81.